The molecule has 1 aromatic rings. The van der Waals surface area contributed by atoms with Gasteiger partial charge in [0.1, 0.15) is 12.1 Å². The van der Waals surface area contributed by atoms with Crippen LogP contribution in [0.4, 0.5) is 10.5 Å². The first-order valence-corrected chi connectivity index (χ1v) is 6.90. The fourth-order valence-corrected chi connectivity index (χ4v) is 2.57. The Bertz CT molecular complexity index is 671. The zero-order valence-corrected chi connectivity index (χ0v) is 12.5. The number of carboxylic acids is 1. The van der Waals surface area contributed by atoms with Crippen LogP contribution in [-0.4, -0.2) is 45.8 Å². The molecule has 1 fully saturated rings. The molecule has 2 unspecified atom stereocenters. The first-order chi connectivity index (χ1) is 10.3. The van der Waals surface area contributed by atoms with Gasteiger partial charge in [-0.3, -0.25) is 0 Å². The van der Waals surface area contributed by atoms with Crippen molar-refractivity contribution in [2.75, 3.05) is 11.9 Å². The van der Waals surface area contributed by atoms with Crippen molar-refractivity contribution in [1.29, 1.82) is 5.26 Å². The maximum absolute atomic E-state index is 12.2. The summed E-state index contributed by atoms with van der Waals surface area (Å²) in [6, 6.07) is 3.23. The summed E-state index contributed by atoms with van der Waals surface area (Å²) in [5, 5.41) is 30.3. The van der Waals surface area contributed by atoms with E-state index in [4.69, 9.17) is 22.0 Å². The van der Waals surface area contributed by atoms with Crippen molar-refractivity contribution in [3.05, 3.63) is 28.3 Å². The number of likely N-dealkylation sites (tertiary alicyclic amines) is 1. The van der Waals surface area contributed by atoms with Crippen LogP contribution in [0, 0.1) is 18.3 Å². The minimum atomic E-state index is -1.17. The smallest absolute Gasteiger partial charge is 0.326 e. The molecule has 0 saturated carbocycles. The highest BCUT2D eigenvalue weighted by Crippen LogP contribution is 2.28. The number of aliphatic hydroxyl groups is 1. The third-order valence-corrected chi connectivity index (χ3v) is 4.06. The number of carbonyl (C=O) groups excluding carboxylic acids is 1. The second-order valence-corrected chi connectivity index (χ2v) is 5.42. The number of hydrogen-bond donors (Lipinski definition) is 3. The summed E-state index contributed by atoms with van der Waals surface area (Å²) >= 11 is 6.02. The largest absolute Gasteiger partial charge is 0.480 e. The van der Waals surface area contributed by atoms with Crippen LogP contribution in [0.5, 0.6) is 0 Å². The van der Waals surface area contributed by atoms with Crippen LogP contribution >= 0.6 is 11.6 Å². The number of aliphatic carboxylic acids is 1. The van der Waals surface area contributed by atoms with E-state index in [1.165, 1.54) is 12.1 Å². The van der Waals surface area contributed by atoms with E-state index in [1.807, 2.05) is 6.07 Å². The summed E-state index contributed by atoms with van der Waals surface area (Å²) in [7, 11) is 0. The summed E-state index contributed by atoms with van der Waals surface area (Å²) in [5.74, 6) is -1.17. The van der Waals surface area contributed by atoms with Crippen LogP contribution in [0.15, 0.2) is 12.1 Å². The second kappa shape index (κ2) is 6.22. The minimum Gasteiger partial charge on any atom is -0.480 e. The Balaban J connectivity index is 2.21. The van der Waals surface area contributed by atoms with Crippen LogP contribution in [0.2, 0.25) is 5.02 Å². The van der Waals surface area contributed by atoms with Crippen molar-refractivity contribution in [1.82, 2.24) is 4.90 Å². The van der Waals surface area contributed by atoms with E-state index in [0.29, 0.717) is 11.3 Å². The lowest BCUT2D eigenvalue weighted by molar-refractivity contribution is -0.141. The van der Waals surface area contributed by atoms with Crippen molar-refractivity contribution in [2.45, 2.75) is 25.5 Å². The molecule has 1 aliphatic heterocycles. The number of urea groups is 1. The molecule has 7 nitrogen and oxygen atoms in total. The number of nitrogens with zero attached hydrogens (tertiary/aromatic N) is 2. The van der Waals surface area contributed by atoms with Gasteiger partial charge in [0.05, 0.1) is 16.7 Å². The Hall–Kier alpha value is -2.30. The number of anilines is 1. The lowest BCUT2D eigenvalue weighted by Gasteiger charge is -2.22. The summed E-state index contributed by atoms with van der Waals surface area (Å²) in [6.07, 6.45) is -0.868. The quantitative estimate of drug-likeness (QED) is 0.764. The molecule has 0 aromatic heterocycles. The Kier molecular flexibility index (Phi) is 4.54. The average Bonchev–Trinajstić information content (AvgIpc) is 2.86. The predicted octanol–water partition coefficient (Wildman–Crippen LogP) is 1.57. The minimum absolute atomic E-state index is 0.00411. The van der Waals surface area contributed by atoms with E-state index in [-0.39, 0.29) is 23.6 Å². The van der Waals surface area contributed by atoms with Crippen LogP contribution in [-0.2, 0) is 4.79 Å². The highest BCUT2D eigenvalue weighted by atomic mass is 35.5. The van der Waals surface area contributed by atoms with Gasteiger partial charge in [-0.1, -0.05) is 11.6 Å². The highest BCUT2D eigenvalue weighted by Gasteiger charge is 2.39. The number of amides is 2. The van der Waals surface area contributed by atoms with Crippen molar-refractivity contribution < 1.29 is 19.8 Å². The van der Waals surface area contributed by atoms with Crippen molar-refractivity contribution in [3.63, 3.8) is 0 Å². The maximum atomic E-state index is 12.2. The number of carboxylic acid groups (broad SMARTS) is 1. The van der Waals surface area contributed by atoms with Gasteiger partial charge in [-0.05, 0) is 24.6 Å². The number of benzene rings is 1. The van der Waals surface area contributed by atoms with Crippen LogP contribution in [0.3, 0.4) is 0 Å². The van der Waals surface area contributed by atoms with E-state index in [2.05, 4.69) is 5.32 Å². The van der Waals surface area contributed by atoms with Gasteiger partial charge >= 0.3 is 12.0 Å². The molecule has 22 heavy (non-hydrogen) atoms. The lowest BCUT2D eigenvalue weighted by Crippen LogP contribution is -2.43. The number of nitrogens with one attached hydrogen (secondary N) is 1. The van der Waals surface area contributed by atoms with Gasteiger partial charge in [-0.2, -0.15) is 5.26 Å². The molecule has 2 amide bonds. The Morgan fingerprint density at radius 1 is 1.50 bits per heavy atom. The van der Waals surface area contributed by atoms with Gasteiger partial charge in [0, 0.05) is 18.7 Å². The Morgan fingerprint density at radius 3 is 2.77 bits per heavy atom. The lowest BCUT2D eigenvalue weighted by atomic mass is 10.1. The van der Waals surface area contributed by atoms with Crippen molar-refractivity contribution in [3.8, 4) is 6.07 Å². The SMILES string of the molecule is Cc1c(NC(=O)N2CC(O)CC2C(=O)O)ccc(C#N)c1Cl. The summed E-state index contributed by atoms with van der Waals surface area (Å²) < 4.78 is 0. The zero-order chi connectivity index (χ0) is 16.4. The molecule has 1 heterocycles. The number of nitriles is 1. The van der Waals surface area contributed by atoms with Crippen LogP contribution in [0.25, 0.3) is 0 Å². The fourth-order valence-electron chi connectivity index (χ4n) is 2.37. The molecule has 8 heteroatoms. The molecule has 0 aliphatic carbocycles. The van der Waals surface area contributed by atoms with Gasteiger partial charge in [0.25, 0.3) is 0 Å². The number of carbonyl (C=O) groups is 2. The molecule has 0 spiro atoms. The summed E-state index contributed by atoms with van der Waals surface area (Å²) in [6.45, 7) is 1.60. The summed E-state index contributed by atoms with van der Waals surface area (Å²) in [5.41, 5.74) is 1.19. The molecule has 0 radical (unpaired) electrons. The van der Waals surface area contributed by atoms with Gasteiger partial charge in [-0.15, -0.1) is 0 Å². The standard InChI is InChI=1S/C14H14ClN3O4/c1-7-10(3-2-8(5-16)12(7)15)17-14(22)18-6-9(19)4-11(18)13(20)21/h2-3,9,11,19H,4,6H2,1H3,(H,17,22)(H,20,21). The van der Waals surface area contributed by atoms with Crippen LogP contribution < -0.4 is 5.32 Å². The molecule has 2 atom stereocenters. The molecule has 1 saturated heterocycles. The number of β-amino-alcohol motifs (C(OH)–C–C–N with tert-alkyl or cyclic N) is 1. The average molecular weight is 324 g/mol. The van der Waals surface area contributed by atoms with E-state index >= 15 is 0 Å². The molecular formula is C14H14ClN3O4. The van der Waals surface area contributed by atoms with Gasteiger partial charge in [0.2, 0.25) is 0 Å². The Labute approximate surface area is 131 Å². The molecule has 3 N–H and O–H groups in total. The van der Waals surface area contributed by atoms with Crippen molar-refractivity contribution in [2.24, 2.45) is 0 Å². The van der Waals surface area contributed by atoms with Crippen LogP contribution in [0.1, 0.15) is 17.5 Å². The number of rotatable bonds is 2. The van der Waals surface area contributed by atoms with Gasteiger partial charge in [0.15, 0.2) is 0 Å². The molecule has 0 bridgehead atoms. The second-order valence-electron chi connectivity index (χ2n) is 5.04. The number of halogens is 1. The van der Waals surface area contributed by atoms with E-state index in [9.17, 15) is 14.7 Å². The van der Waals surface area contributed by atoms with Gasteiger partial charge < -0.3 is 20.4 Å². The fraction of sp³-hybridized carbons (Fsp3) is 0.357. The number of aliphatic hydroxyl groups excluding tert-OH is 1. The predicted molar refractivity (Wildman–Crippen MR) is 78.7 cm³/mol. The molecule has 2 rings (SSSR count). The number of hydrogen-bond acceptors (Lipinski definition) is 4. The third kappa shape index (κ3) is 2.98. The molecule has 1 aromatic carbocycles. The van der Waals surface area contributed by atoms with E-state index in [0.717, 1.165) is 4.90 Å². The van der Waals surface area contributed by atoms with Crippen molar-refractivity contribution >= 4 is 29.3 Å². The molecule has 116 valence electrons. The first-order valence-electron chi connectivity index (χ1n) is 6.52. The topological polar surface area (TPSA) is 114 Å². The van der Waals surface area contributed by atoms with E-state index in [1.54, 1.807) is 6.92 Å². The third-order valence-electron chi connectivity index (χ3n) is 3.57. The molecule has 1 aliphatic rings. The monoisotopic (exact) mass is 323 g/mol. The van der Waals surface area contributed by atoms with Gasteiger partial charge in [-0.25, -0.2) is 9.59 Å². The molecular weight excluding hydrogens is 310 g/mol. The first kappa shape index (κ1) is 16.1. The highest BCUT2D eigenvalue weighted by molar-refractivity contribution is 6.33. The normalized spacial score (nSPS) is 20.5. The zero-order valence-electron chi connectivity index (χ0n) is 11.7. The van der Waals surface area contributed by atoms with E-state index < -0.39 is 24.1 Å². The maximum Gasteiger partial charge on any atom is 0.326 e. The Morgan fingerprint density at radius 2 is 2.18 bits per heavy atom. The summed E-state index contributed by atoms with van der Waals surface area (Å²) in [4.78, 5) is 24.4.